The quantitative estimate of drug-likeness (QED) is 0.769. The van der Waals surface area contributed by atoms with E-state index in [1.807, 2.05) is 25.4 Å². The zero-order chi connectivity index (χ0) is 13.0. The van der Waals surface area contributed by atoms with Crippen LogP contribution in [0.5, 0.6) is 0 Å². The average Bonchev–Trinajstić information content (AvgIpc) is 2.40. The molecule has 0 aromatic carbocycles. The molecule has 2 heterocycles. The second-order valence-electron chi connectivity index (χ2n) is 4.68. The van der Waals surface area contributed by atoms with Crippen LogP contribution in [0.15, 0.2) is 18.5 Å². The van der Waals surface area contributed by atoms with Crippen LogP contribution in [-0.2, 0) is 9.53 Å². The number of ether oxygens (including phenoxy) is 1. The molecule has 98 valence electrons. The fourth-order valence-electron chi connectivity index (χ4n) is 2.44. The highest BCUT2D eigenvalue weighted by molar-refractivity contribution is 5.73. The molecule has 1 aromatic rings. The SMILES string of the molecule is CCOC(=O)C1CCN(c2ccncc2C)CC1. The Balaban J connectivity index is 1.95. The summed E-state index contributed by atoms with van der Waals surface area (Å²) in [5.41, 5.74) is 2.42. The molecule has 1 aliphatic heterocycles. The molecule has 1 saturated heterocycles. The number of rotatable bonds is 3. The summed E-state index contributed by atoms with van der Waals surface area (Å²) in [4.78, 5) is 18.1. The lowest BCUT2D eigenvalue weighted by Crippen LogP contribution is -2.37. The first-order valence-corrected chi connectivity index (χ1v) is 6.54. The molecule has 0 atom stereocenters. The number of aryl methyl sites for hydroxylation is 1. The molecular weight excluding hydrogens is 228 g/mol. The van der Waals surface area contributed by atoms with Crippen molar-refractivity contribution in [3.63, 3.8) is 0 Å². The third kappa shape index (κ3) is 2.81. The van der Waals surface area contributed by atoms with Gasteiger partial charge < -0.3 is 9.64 Å². The van der Waals surface area contributed by atoms with Crippen LogP contribution >= 0.6 is 0 Å². The Morgan fingerprint density at radius 2 is 2.22 bits per heavy atom. The molecule has 0 unspecified atom stereocenters. The maximum Gasteiger partial charge on any atom is 0.309 e. The first-order valence-electron chi connectivity index (χ1n) is 6.54. The summed E-state index contributed by atoms with van der Waals surface area (Å²) in [6.07, 6.45) is 5.45. The van der Waals surface area contributed by atoms with E-state index in [1.54, 1.807) is 0 Å². The molecule has 2 rings (SSSR count). The fourth-order valence-corrected chi connectivity index (χ4v) is 2.44. The maximum absolute atomic E-state index is 11.7. The highest BCUT2D eigenvalue weighted by atomic mass is 16.5. The van der Waals surface area contributed by atoms with Gasteiger partial charge in [-0.3, -0.25) is 9.78 Å². The van der Waals surface area contributed by atoms with Gasteiger partial charge in [0.15, 0.2) is 0 Å². The van der Waals surface area contributed by atoms with Crippen molar-refractivity contribution >= 4 is 11.7 Å². The lowest BCUT2D eigenvalue weighted by atomic mass is 9.96. The highest BCUT2D eigenvalue weighted by Crippen LogP contribution is 2.25. The molecule has 1 fully saturated rings. The van der Waals surface area contributed by atoms with Gasteiger partial charge >= 0.3 is 5.97 Å². The van der Waals surface area contributed by atoms with E-state index in [-0.39, 0.29) is 11.9 Å². The Labute approximate surface area is 108 Å². The van der Waals surface area contributed by atoms with E-state index in [1.165, 1.54) is 11.3 Å². The first kappa shape index (κ1) is 12.9. The number of carbonyl (C=O) groups is 1. The van der Waals surface area contributed by atoms with Gasteiger partial charge in [0.25, 0.3) is 0 Å². The summed E-state index contributed by atoms with van der Waals surface area (Å²) in [5.74, 6) is 0.0342. The van der Waals surface area contributed by atoms with E-state index in [0.717, 1.165) is 25.9 Å². The summed E-state index contributed by atoms with van der Waals surface area (Å²) in [6.45, 7) is 6.22. The van der Waals surface area contributed by atoms with Crippen molar-refractivity contribution in [1.82, 2.24) is 4.98 Å². The molecule has 18 heavy (non-hydrogen) atoms. The molecule has 0 aliphatic carbocycles. The van der Waals surface area contributed by atoms with Crippen LogP contribution < -0.4 is 4.90 Å². The van der Waals surface area contributed by atoms with Gasteiger partial charge in [0, 0.05) is 31.2 Å². The fraction of sp³-hybridized carbons (Fsp3) is 0.571. The van der Waals surface area contributed by atoms with Crippen LogP contribution in [0, 0.1) is 12.8 Å². The minimum absolute atomic E-state index is 0.0383. The van der Waals surface area contributed by atoms with Gasteiger partial charge in [-0.1, -0.05) is 0 Å². The van der Waals surface area contributed by atoms with E-state index in [0.29, 0.717) is 6.61 Å². The number of nitrogens with zero attached hydrogens (tertiary/aromatic N) is 2. The van der Waals surface area contributed by atoms with E-state index in [9.17, 15) is 4.79 Å². The van der Waals surface area contributed by atoms with Crippen molar-refractivity contribution in [3.8, 4) is 0 Å². The Hall–Kier alpha value is -1.58. The number of hydrogen-bond donors (Lipinski definition) is 0. The van der Waals surface area contributed by atoms with E-state index in [4.69, 9.17) is 4.74 Å². The highest BCUT2D eigenvalue weighted by Gasteiger charge is 2.26. The molecule has 0 saturated carbocycles. The average molecular weight is 248 g/mol. The topological polar surface area (TPSA) is 42.4 Å². The van der Waals surface area contributed by atoms with Gasteiger partial charge in [-0.15, -0.1) is 0 Å². The number of aromatic nitrogens is 1. The third-order valence-corrected chi connectivity index (χ3v) is 3.45. The Bertz CT molecular complexity index is 412. The summed E-state index contributed by atoms with van der Waals surface area (Å²) in [5, 5.41) is 0. The number of esters is 1. The molecule has 0 spiro atoms. The second kappa shape index (κ2) is 5.85. The van der Waals surface area contributed by atoms with Crippen LogP contribution in [0.4, 0.5) is 5.69 Å². The van der Waals surface area contributed by atoms with Gasteiger partial charge in [-0.2, -0.15) is 0 Å². The van der Waals surface area contributed by atoms with Crippen molar-refractivity contribution in [3.05, 3.63) is 24.0 Å². The van der Waals surface area contributed by atoms with Crippen LogP contribution in [0.3, 0.4) is 0 Å². The van der Waals surface area contributed by atoms with Gasteiger partial charge in [0.05, 0.1) is 12.5 Å². The Morgan fingerprint density at radius 3 is 2.83 bits per heavy atom. The van der Waals surface area contributed by atoms with Gasteiger partial charge in [-0.05, 0) is 38.3 Å². The van der Waals surface area contributed by atoms with Crippen molar-refractivity contribution < 1.29 is 9.53 Å². The van der Waals surface area contributed by atoms with Crippen molar-refractivity contribution in [2.24, 2.45) is 5.92 Å². The van der Waals surface area contributed by atoms with Gasteiger partial charge in [0.1, 0.15) is 0 Å². The van der Waals surface area contributed by atoms with E-state index in [2.05, 4.69) is 16.8 Å². The largest absolute Gasteiger partial charge is 0.466 e. The second-order valence-corrected chi connectivity index (χ2v) is 4.68. The maximum atomic E-state index is 11.7. The van der Waals surface area contributed by atoms with E-state index >= 15 is 0 Å². The monoisotopic (exact) mass is 248 g/mol. The van der Waals surface area contributed by atoms with Crippen LogP contribution in [0.1, 0.15) is 25.3 Å². The number of hydrogen-bond acceptors (Lipinski definition) is 4. The normalized spacial score (nSPS) is 16.7. The molecule has 4 nitrogen and oxygen atoms in total. The standard InChI is InChI=1S/C14H20N2O2/c1-3-18-14(17)12-5-8-16(9-6-12)13-4-7-15-10-11(13)2/h4,7,10,12H,3,5-6,8-9H2,1-2H3. The molecule has 4 heteroatoms. The summed E-state index contributed by atoms with van der Waals surface area (Å²) < 4.78 is 5.08. The zero-order valence-corrected chi connectivity index (χ0v) is 11.1. The Kier molecular flexibility index (Phi) is 4.18. The summed E-state index contributed by atoms with van der Waals surface area (Å²) in [7, 11) is 0. The molecule has 0 radical (unpaired) electrons. The number of carbonyl (C=O) groups excluding carboxylic acids is 1. The third-order valence-electron chi connectivity index (χ3n) is 3.45. The summed E-state index contributed by atoms with van der Waals surface area (Å²) >= 11 is 0. The lowest BCUT2D eigenvalue weighted by molar-refractivity contribution is -0.148. The van der Waals surface area contributed by atoms with Crippen LogP contribution in [0.25, 0.3) is 0 Å². The number of pyridine rings is 1. The minimum atomic E-state index is -0.0383. The predicted octanol–water partition coefficient (Wildman–Crippen LogP) is 2.17. The minimum Gasteiger partial charge on any atom is -0.466 e. The number of piperidine rings is 1. The van der Waals surface area contributed by atoms with Crippen molar-refractivity contribution in [1.29, 1.82) is 0 Å². The smallest absolute Gasteiger partial charge is 0.309 e. The molecule has 0 N–H and O–H groups in total. The first-order chi connectivity index (χ1) is 8.72. The van der Waals surface area contributed by atoms with Crippen LogP contribution in [-0.4, -0.2) is 30.6 Å². The molecular formula is C14H20N2O2. The van der Waals surface area contributed by atoms with Gasteiger partial charge in [0.2, 0.25) is 0 Å². The molecule has 0 bridgehead atoms. The zero-order valence-electron chi connectivity index (χ0n) is 11.1. The van der Waals surface area contributed by atoms with E-state index < -0.39 is 0 Å². The molecule has 1 aliphatic rings. The van der Waals surface area contributed by atoms with Crippen molar-refractivity contribution in [2.45, 2.75) is 26.7 Å². The van der Waals surface area contributed by atoms with Gasteiger partial charge in [-0.25, -0.2) is 0 Å². The Morgan fingerprint density at radius 1 is 1.50 bits per heavy atom. The molecule has 0 amide bonds. The summed E-state index contributed by atoms with van der Waals surface area (Å²) in [6, 6.07) is 2.04. The predicted molar refractivity (Wildman–Crippen MR) is 70.5 cm³/mol. The van der Waals surface area contributed by atoms with Crippen molar-refractivity contribution in [2.75, 3.05) is 24.6 Å². The molecule has 1 aromatic heterocycles. The van der Waals surface area contributed by atoms with Crippen LogP contribution in [0.2, 0.25) is 0 Å². The number of anilines is 1. The lowest BCUT2D eigenvalue weighted by Gasteiger charge is -2.33.